The van der Waals surface area contributed by atoms with Crippen LogP contribution in [-0.2, 0) is 0 Å². The summed E-state index contributed by atoms with van der Waals surface area (Å²) in [5, 5.41) is 0. The van der Waals surface area contributed by atoms with Crippen molar-refractivity contribution in [2.75, 3.05) is 52.4 Å². The first-order valence-electron chi connectivity index (χ1n) is 10.4. The van der Waals surface area contributed by atoms with Crippen molar-refractivity contribution in [1.82, 2.24) is 9.80 Å². The number of rotatable bonds is 10. The van der Waals surface area contributed by atoms with E-state index in [4.69, 9.17) is 0 Å². The van der Waals surface area contributed by atoms with Crippen molar-refractivity contribution < 1.29 is 0 Å². The van der Waals surface area contributed by atoms with Crippen molar-refractivity contribution in [1.29, 1.82) is 0 Å². The second-order valence-corrected chi connectivity index (χ2v) is 7.28. The van der Waals surface area contributed by atoms with Gasteiger partial charge in [-0.1, -0.05) is 60.7 Å². The van der Waals surface area contributed by atoms with Crippen LogP contribution in [0.25, 0.3) is 0 Å². The summed E-state index contributed by atoms with van der Waals surface area (Å²) < 4.78 is 0. The van der Waals surface area contributed by atoms with Gasteiger partial charge in [0.1, 0.15) is 0 Å². The lowest BCUT2D eigenvalue weighted by Gasteiger charge is -2.34. The molecule has 2 aromatic rings. The third-order valence-electron chi connectivity index (χ3n) is 5.07. The van der Waals surface area contributed by atoms with E-state index in [1.807, 2.05) is 24.6 Å². The maximum atomic E-state index is 4.55. The maximum absolute atomic E-state index is 4.55. The van der Waals surface area contributed by atoms with Gasteiger partial charge in [-0.05, 0) is 37.1 Å². The van der Waals surface area contributed by atoms with Gasteiger partial charge in [-0.15, -0.1) is 0 Å². The Morgan fingerprint density at radius 2 is 1.00 bits per heavy atom. The zero-order chi connectivity index (χ0) is 19.3. The number of hydrogen-bond donors (Lipinski definition) is 0. The molecular weight excluding hydrogens is 344 g/mol. The molecule has 1 heterocycles. The minimum absolute atomic E-state index is 0.911. The molecule has 0 bridgehead atoms. The molecule has 0 radical (unpaired) electrons. The topological polar surface area (TPSA) is 31.2 Å². The van der Waals surface area contributed by atoms with E-state index in [9.17, 15) is 0 Å². The second-order valence-electron chi connectivity index (χ2n) is 7.28. The molecule has 0 N–H and O–H groups in total. The van der Waals surface area contributed by atoms with Gasteiger partial charge in [0.25, 0.3) is 0 Å². The van der Waals surface area contributed by atoms with E-state index in [0.29, 0.717) is 0 Å². The molecule has 0 amide bonds. The lowest BCUT2D eigenvalue weighted by atomic mass is 10.2. The summed E-state index contributed by atoms with van der Waals surface area (Å²) in [6.45, 7) is 8.84. The second kappa shape index (κ2) is 12.2. The van der Waals surface area contributed by atoms with Crippen molar-refractivity contribution >= 4 is 12.4 Å². The summed E-state index contributed by atoms with van der Waals surface area (Å²) in [5.74, 6) is 0. The third-order valence-corrected chi connectivity index (χ3v) is 5.07. The summed E-state index contributed by atoms with van der Waals surface area (Å²) in [6.07, 6.45) is 6.24. The maximum Gasteiger partial charge on any atom is 0.0401 e. The van der Waals surface area contributed by atoms with Crippen LogP contribution in [0.5, 0.6) is 0 Å². The van der Waals surface area contributed by atoms with E-state index in [1.165, 1.54) is 37.3 Å². The van der Waals surface area contributed by atoms with Crippen LogP contribution in [0.1, 0.15) is 24.0 Å². The summed E-state index contributed by atoms with van der Waals surface area (Å²) in [6, 6.07) is 20.7. The Bertz CT molecular complexity index is 640. The first-order chi connectivity index (χ1) is 13.9. The molecule has 1 aliphatic rings. The zero-order valence-corrected chi connectivity index (χ0v) is 16.8. The molecule has 3 rings (SSSR count). The van der Waals surface area contributed by atoms with Crippen LogP contribution in [0.2, 0.25) is 0 Å². The molecule has 0 aromatic heterocycles. The summed E-state index contributed by atoms with van der Waals surface area (Å²) in [4.78, 5) is 14.2. The van der Waals surface area contributed by atoms with E-state index in [1.54, 1.807) is 0 Å². The van der Waals surface area contributed by atoms with Gasteiger partial charge in [0.2, 0.25) is 0 Å². The fourth-order valence-electron chi connectivity index (χ4n) is 3.43. The minimum Gasteiger partial charge on any atom is -0.301 e. The van der Waals surface area contributed by atoms with Crippen LogP contribution in [0.3, 0.4) is 0 Å². The molecule has 0 aliphatic carbocycles. The van der Waals surface area contributed by atoms with Crippen LogP contribution < -0.4 is 0 Å². The highest BCUT2D eigenvalue weighted by molar-refractivity contribution is 5.79. The highest BCUT2D eigenvalue weighted by Crippen LogP contribution is 2.04. The molecule has 0 unspecified atom stereocenters. The van der Waals surface area contributed by atoms with Gasteiger partial charge in [0, 0.05) is 51.7 Å². The summed E-state index contributed by atoms with van der Waals surface area (Å²) in [5.41, 5.74) is 2.37. The molecular formula is C24H32N4. The Labute approximate surface area is 169 Å². The first kappa shape index (κ1) is 20.4. The molecule has 4 nitrogen and oxygen atoms in total. The Morgan fingerprint density at radius 1 is 0.607 bits per heavy atom. The van der Waals surface area contributed by atoms with Crippen molar-refractivity contribution in [3.05, 3.63) is 71.8 Å². The number of benzene rings is 2. The largest absolute Gasteiger partial charge is 0.301 e. The standard InChI is InChI=1S/C24H32N4/c1-3-9-23(10-4-1)21-25-13-7-15-27-17-19-28(20-18-27)16-8-14-26-22-24-11-5-2-6-12-24/h1-6,9-12,21-22H,7-8,13-20H2. The molecule has 28 heavy (non-hydrogen) atoms. The average Bonchev–Trinajstić information content (AvgIpc) is 2.76. The zero-order valence-electron chi connectivity index (χ0n) is 16.8. The summed E-state index contributed by atoms with van der Waals surface area (Å²) in [7, 11) is 0. The van der Waals surface area contributed by atoms with Crippen LogP contribution in [-0.4, -0.2) is 74.6 Å². The molecule has 0 spiro atoms. The average molecular weight is 377 g/mol. The lowest BCUT2D eigenvalue weighted by Crippen LogP contribution is -2.46. The van der Waals surface area contributed by atoms with Gasteiger partial charge in [-0.2, -0.15) is 0 Å². The smallest absolute Gasteiger partial charge is 0.0401 e. The van der Waals surface area contributed by atoms with Crippen molar-refractivity contribution in [3.8, 4) is 0 Å². The molecule has 2 aromatic carbocycles. The minimum atomic E-state index is 0.911. The Balaban J connectivity index is 1.22. The highest BCUT2D eigenvalue weighted by atomic mass is 15.3. The van der Waals surface area contributed by atoms with Crippen molar-refractivity contribution in [2.45, 2.75) is 12.8 Å². The quantitative estimate of drug-likeness (QED) is 0.468. The third kappa shape index (κ3) is 7.75. The number of hydrogen-bond acceptors (Lipinski definition) is 4. The van der Waals surface area contributed by atoms with E-state index in [0.717, 1.165) is 39.0 Å². The van der Waals surface area contributed by atoms with Crippen LogP contribution in [0.15, 0.2) is 70.6 Å². The van der Waals surface area contributed by atoms with Gasteiger partial charge in [0.15, 0.2) is 0 Å². The first-order valence-corrected chi connectivity index (χ1v) is 10.4. The number of piperazine rings is 1. The van der Waals surface area contributed by atoms with Gasteiger partial charge >= 0.3 is 0 Å². The van der Waals surface area contributed by atoms with E-state index < -0.39 is 0 Å². The SMILES string of the molecule is C(=NCCCN1CCN(CCCN=Cc2ccccc2)CC1)c1ccccc1. The van der Waals surface area contributed by atoms with Crippen LogP contribution in [0, 0.1) is 0 Å². The Hall–Kier alpha value is -2.30. The molecule has 1 aliphatic heterocycles. The lowest BCUT2D eigenvalue weighted by molar-refractivity contribution is 0.131. The highest BCUT2D eigenvalue weighted by Gasteiger charge is 2.15. The molecule has 0 atom stereocenters. The molecule has 148 valence electrons. The van der Waals surface area contributed by atoms with Crippen molar-refractivity contribution in [2.24, 2.45) is 9.98 Å². The molecule has 1 fully saturated rings. The fourth-order valence-corrected chi connectivity index (χ4v) is 3.43. The van der Waals surface area contributed by atoms with E-state index in [2.05, 4.69) is 68.3 Å². The van der Waals surface area contributed by atoms with Gasteiger partial charge in [0.05, 0.1) is 0 Å². The Kier molecular flexibility index (Phi) is 8.92. The predicted octanol–water partition coefficient (Wildman–Crippen LogP) is 3.62. The predicted molar refractivity (Wildman–Crippen MR) is 120 cm³/mol. The number of aliphatic imine (C=N–C) groups is 2. The van der Waals surface area contributed by atoms with Gasteiger partial charge < -0.3 is 9.80 Å². The van der Waals surface area contributed by atoms with E-state index >= 15 is 0 Å². The van der Waals surface area contributed by atoms with Crippen LogP contribution in [0.4, 0.5) is 0 Å². The van der Waals surface area contributed by atoms with E-state index in [-0.39, 0.29) is 0 Å². The number of nitrogens with zero attached hydrogens (tertiary/aromatic N) is 4. The molecule has 4 heteroatoms. The van der Waals surface area contributed by atoms with Gasteiger partial charge in [-0.25, -0.2) is 0 Å². The normalized spacial score (nSPS) is 16.3. The fraction of sp³-hybridized carbons (Fsp3) is 0.417. The van der Waals surface area contributed by atoms with Crippen molar-refractivity contribution in [3.63, 3.8) is 0 Å². The Morgan fingerprint density at radius 3 is 1.39 bits per heavy atom. The summed E-state index contributed by atoms with van der Waals surface area (Å²) >= 11 is 0. The van der Waals surface area contributed by atoms with Crippen LogP contribution >= 0.6 is 0 Å². The molecule has 1 saturated heterocycles. The monoisotopic (exact) mass is 376 g/mol. The van der Waals surface area contributed by atoms with Gasteiger partial charge in [-0.3, -0.25) is 9.98 Å². The molecule has 0 saturated carbocycles.